The zero-order valence-corrected chi connectivity index (χ0v) is 17.4. The Morgan fingerprint density at radius 3 is 2.29 bits per heavy atom. The fraction of sp³-hybridized carbons (Fsp3) is 0.273. The smallest absolute Gasteiger partial charge is 0.266 e. The van der Waals surface area contributed by atoms with Crippen molar-refractivity contribution in [2.45, 2.75) is 19.4 Å². The van der Waals surface area contributed by atoms with E-state index in [0.717, 1.165) is 34.8 Å². The van der Waals surface area contributed by atoms with Crippen molar-refractivity contribution in [3.05, 3.63) is 65.5 Å². The molecule has 1 aliphatic heterocycles. The summed E-state index contributed by atoms with van der Waals surface area (Å²) in [4.78, 5) is 20.9. The van der Waals surface area contributed by atoms with Gasteiger partial charge in [0.05, 0.1) is 5.69 Å². The van der Waals surface area contributed by atoms with Gasteiger partial charge >= 0.3 is 0 Å². The lowest BCUT2D eigenvalue weighted by Crippen LogP contribution is -2.34. The molecule has 6 heteroatoms. The van der Waals surface area contributed by atoms with Gasteiger partial charge in [-0.05, 0) is 25.8 Å². The molecule has 2 heterocycles. The maximum Gasteiger partial charge on any atom is 0.266 e. The molecule has 0 bridgehead atoms. The fourth-order valence-corrected chi connectivity index (χ4v) is 4.74. The molecule has 0 saturated carbocycles. The minimum Gasteiger partial charge on any atom is -0.335 e. The van der Waals surface area contributed by atoms with Crippen LogP contribution in [0.2, 0.25) is 0 Å². The molecule has 1 saturated heterocycles. The minimum absolute atomic E-state index is 0. The van der Waals surface area contributed by atoms with E-state index < -0.39 is 0 Å². The standard InChI is InChI=1S/C22H23N3OS.ClH/c1-15-12-16(13-23)14-25(15)22(26)20-19(17-8-4-2-5-9-17)24-21(27-20)18-10-6-3-7-11-18;/h2-11,15-16H,12-14,23H2,1H3;1H. The summed E-state index contributed by atoms with van der Waals surface area (Å²) in [6, 6.07) is 20.2. The van der Waals surface area contributed by atoms with Gasteiger partial charge in [0.15, 0.2) is 0 Å². The molecule has 4 nitrogen and oxygen atoms in total. The van der Waals surface area contributed by atoms with E-state index in [1.807, 2.05) is 65.6 Å². The summed E-state index contributed by atoms with van der Waals surface area (Å²) in [5, 5.41) is 0.875. The molecule has 2 atom stereocenters. The van der Waals surface area contributed by atoms with Gasteiger partial charge in [-0.25, -0.2) is 4.98 Å². The van der Waals surface area contributed by atoms with Crippen molar-refractivity contribution in [1.82, 2.24) is 9.88 Å². The van der Waals surface area contributed by atoms with E-state index in [1.54, 1.807) is 0 Å². The zero-order valence-electron chi connectivity index (χ0n) is 15.7. The average Bonchev–Trinajstić information content (AvgIpc) is 3.33. The average molecular weight is 414 g/mol. The third-order valence-corrected chi connectivity index (χ3v) is 6.24. The maximum atomic E-state index is 13.4. The molecule has 3 aromatic rings. The van der Waals surface area contributed by atoms with Gasteiger partial charge in [0, 0.05) is 23.7 Å². The van der Waals surface area contributed by atoms with Crippen molar-refractivity contribution < 1.29 is 4.79 Å². The molecule has 1 amide bonds. The summed E-state index contributed by atoms with van der Waals surface area (Å²) >= 11 is 1.48. The van der Waals surface area contributed by atoms with Crippen LogP contribution in [-0.2, 0) is 0 Å². The van der Waals surface area contributed by atoms with E-state index in [1.165, 1.54) is 11.3 Å². The number of rotatable bonds is 4. The van der Waals surface area contributed by atoms with Crippen LogP contribution in [0.25, 0.3) is 21.8 Å². The molecule has 2 N–H and O–H groups in total. The molecule has 0 spiro atoms. The Morgan fingerprint density at radius 1 is 1.11 bits per heavy atom. The van der Waals surface area contributed by atoms with Crippen molar-refractivity contribution in [2.24, 2.45) is 11.7 Å². The molecular formula is C22H24ClN3OS. The second kappa shape index (κ2) is 8.86. The van der Waals surface area contributed by atoms with Gasteiger partial charge in [-0.15, -0.1) is 23.7 Å². The highest BCUT2D eigenvalue weighted by molar-refractivity contribution is 7.17. The van der Waals surface area contributed by atoms with Crippen LogP contribution in [0.3, 0.4) is 0 Å². The first kappa shape index (κ1) is 20.5. The van der Waals surface area contributed by atoms with Gasteiger partial charge in [0.2, 0.25) is 0 Å². The monoisotopic (exact) mass is 413 g/mol. The van der Waals surface area contributed by atoms with E-state index in [9.17, 15) is 4.79 Å². The minimum atomic E-state index is 0. The van der Waals surface area contributed by atoms with Crippen molar-refractivity contribution in [2.75, 3.05) is 13.1 Å². The van der Waals surface area contributed by atoms with Gasteiger partial charge in [-0.3, -0.25) is 4.79 Å². The predicted molar refractivity (Wildman–Crippen MR) is 118 cm³/mol. The van der Waals surface area contributed by atoms with Crippen LogP contribution >= 0.6 is 23.7 Å². The van der Waals surface area contributed by atoms with E-state index in [4.69, 9.17) is 10.7 Å². The Morgan fingerprint density at radius 2 is 1.71 bits per heavy atom. The number of carbonyl (C=O) groups is 1. The number of nitrogens with two attached hydrogens (primary N) is 1. The number of hydrogen-bond acceptors (Lipinski definition) is 4. The number of amides is 1. The number of nitrogens with zero attached hydrogens (tertiary/aromatic N) is 2. The number of carbonyl (C=O) groups excluding carboxylic acids is 1. The number of benzene rings is 2. The van der Waals surface area contributed by atoms with Crippen LogP contribution in [0.4, 0.5) is 0 Å². The van der Waals surface area contributed by atoms with Crippen LogP contribution < -0.4 is 5.73 Å². The van der Waals surface area contributed by atoms with Crippen LogP contribution in [0, 0.1) is 5.92 Å². The molecule has 1 aliphatic rings. The molecule has 4 rings (SSSR count). The number of likely N-dealkylation sites (tertiary alicyclic amines) is 1. The number of halogens is 1. The van der Waals surface area contributed by atoms with Gasteiger partial charge in [-0.1, -0.05) is 60.7 Å². The number of thiazole rings is 1. The first-order valence-corrected chi connectivity index (χ1v) is 10.1. The Kier molecular flexibility index (Phi) is 6.50. The Balaban J connectivity index is 0.00000225. The predicted octanol–water partition coefficient (Wildman–Crippen LogP) is 4.71. The Hall–Kier alpha value is -2.21. The largest absolute Gasteiger partial charge is 0.335 e. The summed E-state index contributed by atoms with van der Waals surface area (Å²) in [5.74, 6) is 0.447. The topological polar surface area (TPSA) is 59.2 Å². The first-order valence-electron chi connectivity index (χ1n) is 9.30. The van der Waals surface area contributed by atoms with Gasteiger partial charge < -0.3 is 10.6 Å². The first-order chi connectivity index (χ1) is 13.2. The lowest BCUT2D eigenvalue weighted by molar-refractivity contribution is 0.0749. The van der Waals surface area contributed by atoms with Crippen LogP contribution in [0.15, 0.2) is 60.7 Å². The SMILES string of the molecule is CC1CC(CN)CN1C(=O)c1sc(-c2ccccc2)nc1-c1ccccc1.Cl. The van der Waals surface area contributed by atoms with Crippen molar-refractivity contribution in [1.29, 1.82) is 0 Å². The molecule has 146 valence electrons. The molecule has 2 unspecified atom stereocenters. The number of hydrogen-bond donors (Lipinski definition) is 1. The van der Waals surface area contributed by atoms with Crippen molar-refractivity contribution in [3.63, 3.8) is 0 Å². The van der Waals surface area contributed by atoms with E-state index in [2.05, 4.69) is 6.92 Å². The summed E-state index contributed by atoms with van der Waals surface area (Å²) in [6.45, 7) is 3.45. The second-order valence-corrected chi connectivity index (χ2v) is 8.07. The second-order valence-electron chi connectivity index (χ2n) is 7.07. The molecule has 2 aromatic carbocycles. The summed E-state index contributed by atoms with van der Waals surface area (Å²) < 4.78 is 0. The summed E-state index contributed by atoms with van der Waals surface area (Å²) in [6.07, 6.45) is 0.966. The number of aromatic nitrogens is 1. The molecule has 1 fully saturated rings. The molecule has 1 aromatic heterocycles. The summed E-state index contributed by atoms with van der Waals surface area (Å²) in [7, 11) is 0. The molecule has 0 aliphatic carbocycles. The maximum absolute atomic E-state index is 13.4. The highest BCUT2D eigenvalue weighted by Gasteiger charge is 2.34. The Labute approximate surface area is 175 Å². The van der Waals surface area contributed by atoms with E-state index >= 15 is 0 Å². The third-order valence-electron chi connectivity index (χ3n) is 5.14. The Bertz CT molecular complexity index is 929. The third kappa shape index (κ3) is 3.97. The lowest BCUT2D eigenvalue weighted by Gasteiger charge is -2.21. The fourth-order valence-electron chi connectivity index (χ4n) is 3.69. The van der Waals surface area contributed by atoms with E-state index in [-0.39, 0.29) is 24.4 Å². The zero-order chi connectivity index (χ0) is 18.8. The summed E-state index contributed by atoms with van der Waals surface area (Å²) in [5.41, 5.74) is 8.63. The highest BCUT2D eigenvalue weighted by atomic mass is 35.5. The van der Waals surface area contributed by atoms with Crippen molar-refractivity contribution in [3.8, 4) is 21.8 Å². The van der Waals surface area contributed by atoms with Gasteiger partial charge in [-0.2, -0.15) is 0 Å². The lowest BCUT2D eigenvalue weighted by atomic mass is 10.1. The van der Waals surface area contributed by atoms with Gasteiger partial charge in [0.1, 0.15) is 9.88 Å². The molecular weight excluding hydrogens is 390 g/mol. The normalized spacial score (nSPS) is 18.7. The van der Waals surface area contributed by atoms with Crippen LogP contribution in [-0.4, -0.2) is 34.9 Å². The van der Waals surface area contributed by atoms with E-state index in [0.29, 0.717) is 17.3 Å². The highest BCUT2D eigenvalue weighted by Crippen LogP contribution is 2.36. The molecule has 28 heavy (non-hydrogen) atoms. The van der Waals surface area contributed by atoms with Crippen LogP contribution in [0.5, 0.6) is 0 Å². The van der Waals surface area contributed by atoms with Crippen molar-refractivity contribution >= 4 is 29.7 Å². The van der Waals surface area contributed by atoms with Gasteiger partial charge in [0.25, 0.3) is 5.91 Å². The quantitative estimate of drug-likeness (QED) is 0.673. The van der Waals surface area contributed by atoms with Crippen LogP contribution in [0.1, 0.15) is 23.0 Å². The molecule has 0 radical (unpaired) electrons.